The normalized spacial score (nSPS) is 11.0. The van der Waals surface area contributed by atoms with Crippen LogP contribution in [0, 0.1) is 11.3 Å². The van der Waals surface area contributed by atoms with Gasteiger partial charge in [0.15, 0.2) is 6.10 Å². The number of hydrogen-bond donors (Lipinski definition) is 2. The molecular weight excluding hydrogens is 372 g/mol. The van der Waals surface area contributed by atoms with Gasteiger partial charge in [0.25, 0.3) is 11.8 Å². The second kappa shape index (κ2) is 9.31. The molecule has 9 heteroatoms. The highest BCUT2D eigenvalue weighted by atomic mass is 35.5. The molecule has 2 amide bonds. The van der Waals surface area contributed by atoms with Crippen LogP contribution in [0.2, 0.25) is 5.02 Å². The highest BCUT2D eigenvalue weighted by Crippen LogP contribution is 2.14. The molecule has 0 aliphatic heterocycles. The number of aromatic nitrogens is 1. The van der Waals surface area contributed by atoms with E-state index in [1.807, 2.05) is 6.07 Å². The Morgan fingerprint density at radius 2 is 2.04 bits per heavy atom. The summed E-state index contributed by atoms with van der Waals surface area (Å²) in [5, 5.41) is 14.2. The molecule has 0 unspecified atom stereocenters. The summed E-state index contributed by atoms with van der Waals surface area (Å²) in [4.78, 5) is 39.6. The summed E-state index contributed by atoms with van der Waals surface area (Å²) in [5.41, 5.74) is 0.646. The van der Waals surface area contributed by atoms with Crippen molar-refractivity contribution in [2.75, 3.05) is 11.9 Å². The maximum absolute atomic E-state index is 12.1. The average molecular weight is 387 g/mol. The van der Waals surface area contributed by atoms with Gasteiger partial charge in [-0.15, -0.1) is 0 Å². The van der Waals surface area contributed by atoms with Crippen molar-refractivity contribution in [1.82, 2.24) is 10.3 Å². The number of benzene rings is 1. The minimum Gasteiger partial charge on any atom is -0.451 e. The van der Waals surface area contributed by atoms with E-state index in [-0.39, 0.29) is 11.3 Å². The molecule has 8 nitrogen and oxygen atoms in total. The van der Waals surface area contributed by atoms with Crippen molar-refractivity contribution in [2.24, 2.45) is 0 Å². The van der Waals surface area contributed by atoms with Gasteiger partial charge in [0, 0.05) is 11.2 Å². The zero-order valence-corrected chi connectivity index (χ0v) is 15.0. The number of hydrogen-bond acceptors (Lipinski definition) is 6. The molecule has 27 heavy (non-hydrogen) atoms. The van der Waals surface area contributed by atoms with Crippen molar-refractivity contribution in [1.29, 1.82) is 5.26 Å². The van der Waals surface area contributed by atoms with E-state index in [0.717, 1.165) is 0 Å². The largest absolute Gasteiger partial charge is 0.451 e. The molecule has 0 aliphatic rings. The molecule has 2 rings (SSSR count). The van der Waals surface area contributed by atoms with Crippen LogP contribution in [-0.2, 0) is 14.3 Å². The van der Waals surface area contributed by atoms with Crippen LogP contribution in [0.15, 0.2) is 42.6 Å². The Labute approximate surface area is 160 Å². The first kappa shape index (κ1) is 19.9. The highest BCUT2D eigenvalue weighted by molar-refractivity contribution is 6.30. The van der Waals surface area contributed by atoms with Gasteiger partial charge in [-0.3, -0.25) is 19.4 Å². The Morgan fingerprint density at radius 1 is 1.30 bits per heavy atom. The Kier molecular flexibility index (Phi) is 6.86. The highest BCUT2D eigenvalue weighted by Gasteiger charge is 2.19. The molecule has 0 saturated carbocycles. The molecule has 0 fully saturated rings. The monoisotopic (exact) mass is 386 g/mol. The molecule has 1 atom stereocenters. The van der Waals surface area contributed by atoms with Crippen LogP contribution in [0.25, 0.3) is 0 Å². The standard InChI is InChI=1S/C18H15ClN4O4/c1-11(17(25)23-14-5-3-2-4-12(14)9-20)27-16(24)10-22-18(26)15-8-13(19)6-7-21-15/h2-8,11H,10H2,1H3,(H,22,26)(H,23,25)/t11-/m1/s1. The second-order valence-corrected chi connectivity index (χ2v) is 5.76. The maximum atomic E-state index is 12.1. The van der Waals surface area contributed by atoms with Crippen LogP contribution >= 0.6 is 11.6 Å². The summed E-state index contributed by atoms with van der Waals surface area (Å²) in [7, 11) is 0. The van der Waals surface area contributed by atoms with E-state index in [2.05, 4.69) is 15.6 Å². The fourth-order valence-electron chi connectivity index (χ4n) is 1.99. The topological polar surface area (TPSA) is 121 Å². The lowest BCUT2D eigenvalue weighted by Gasteiger charge is -2.14. The van der Waals surface area contributed by atoms with Crippen LogP contribution in [0.3, 0.4) is 0 Å². The van der Waals surface area contributed by atoms with Gasteiger partial charge < -0.3 is 15.4 Å². The molecule has 0 spiro atoms. The van der Waals surface area contributed by atoms with Crippen molar-refractivity contribution in [2.45, 2.75) is 13.0 Å². The molecule has 1 heterocycles. The Hall–Kier alpha value is -3.44. The molecule has 0 aliphatic carbocycles. The van der Waals surface area contributed by atoms with Gasteiger partial charge in [-0.25, -0.2) is 0 Å². The van der Waals surface area contributed by atoms with Gasteiger partial charge in [-0.2, -0.15) is 5.26 Å². The van der Waals surface area contributed by atoms with Crippen LogP contribution in [0.5, 0.6) is 0 Å². The van der Waals surface area contributed by atoms with Crippen molar-refractivity contribution in [3.63, 3.8) is 0 Å². The predicted octanol–water partition coefficient (Wildman–Crippen LogP) is 1.91. The van der Waals surface area contributed by atoms with Gasteiger partial charge >= 0.3 is 5.97 Å². The molecule has 1 aromatic heterocycles. The third-order valence-corrected chi connectivity index (χ3v) is 3.57. The number of esters is 1. The first-order valence-corrected chi connectivity index (χ1v) is 8.17. The molecular formula is C18H15ClN4O4. The lowest BCUT2D eigenvalue weighted by Crippen LogP contribution is -2.36. The Balaban J connectivity index is 1.85. The maximum Gasteiger partial charge on any atom is 0.326 e. The Bertz CT molecular complexity index is 910. The fraction of sp³-hybridized carbons (Fsp3) is 0.167. The number of nitrogens with zero attached hydrogens (tertiary/aromatic N) is 2. The molecule has 138 valence electrons. The molecule has 2 aromatic rings. The van der Waals surface area contributed by atoms with Crippen LogP contribution < -0.4 is 10.6 Å². The van der Waals surface area contributed by atoms with Gasteiger partial charge in [0.1, 0.15) is 18.3 Å². The number of carbonyl (C=O) groups excluding carboxylic acids is 3. The molecule has 0 radical (unpaired) electrons. The number of amides is 2. The van der Waals surface area contributed by atoms with E-state index in [0.29, 0.717) is 10.7 Å². The van der Waals surface area contributed by atoms with Gasteiger partial charge in [-0.1, -0.05) is 23.7 Å². The number of pyridine rings is 1. The molecule has 1 aromatic carbocycles. The smallest absolute Gasteiger partial charge is 0.326 e. The van der Waals surface area contributed by atoms with Crippen molar-refractivity contribution in [3.05, 3.63) is 58.9 Å². The number of halogens is 1. The Morgan fingerprint density at radius 3 is 2.74 bits per heavy atom. The summed E-state index contributed by atoms with van der Waals surface area (Å²) in [6, 6.07) is 11.2. The number of anilines is 1. The average Bonchev–Trinajstić information content (AvgIpc) is 2.66. The molecule has 0 saturated heterocycles. The van der Waals surface area contributed by atoms with Crippen molar-refractivity contribution < 1.29 is 19.1 Å². The number of para-hydroxylation sites is 1. The van der Waals surface area contributed by atoms with E-state index in [9.17, 15) is 14.4 Å². The van der Waals surface area contributed by atoms with Gasteiger partial charge in [-0.05, 0) is 31.2 Å². The SMILES string of the molecule is C[C@@H](OC(=O)CNC(=O)c1cc(Cl)ccn1)C(=O)Nc1ccccc1C#N. The van der Waals surface area contributed by atoms with Gasteiger partial charge in [0.05, 0.1) is 11.3 Å². The number of nitriles is 1. The third-order valence-electron chi connectivity index (χ3n) is 3.33. The van der Waals surface area contributed by atoms with E-state index in [4.69, 9.17) is 21.6 Å². The summed E-state index contributed by atoms with van der Waals surface area (Å²) in [6.07, 6.45) is 0.242. The lowest BCUT2D eigenvalue weighted by atomic mass is 10.2. The zero-order chi connectivity index (χ0) is 19.8. The summed E-state index contributed by atoms with van der Waals surface area (Å²) in [6.45, 7) is 0.933. The second-order valence-electron chi connectivity index (χ2n) is 5.32. The third kappa shape index (κ3) is 5.80. The number of rotatable bonds is 6. The first-order valence-electron chi connectivity index (χ1n) is 7.80. The van der Waals surface area contributed by atoms with Crippen LogP contribution in [0.4, 0.5) is 5.69 Å². The van der Waals surface area contributed by atoms with E-state index >= 15 is 0 Å². The molecule has 2 N–H and O–H groups in total. The summed E-state index contributed by atoms with van der Waals surface area (Å²) < 4.78 is 4.97. The number of ether oxygens (including phenoxy) is 1. The molecule has 0 bridgehead atoms. The quantitative estimate of drug-likeness (QED) is 0.731. The lowest BCUT2D eigenvalue weighted by molar-refractivity contribution is -0.152. The first-order chi connectivity index (χ1) is 12.9. The minimum atomic E-state index is -1.12. The van der Waals surface area contributed by atoms with E-state index < -0.39 is 30.4 Å². The zero-order valence-electron chi connectivity index (χ0n) is 14.2. The number of nitrogens with one attached hydrogen (secondary N) is 2. The van der Waals surface area contributed by atoms with Crippen molar-refractivity contribution in [3.8, 4) is 6.07 Å². The van der Waals surface area contributed by atoms with Crippen LogP contribution in [0.1, 0.15) is 23.0 Å². The fourth-order valence-corrected chi connectivity index (χ4v) is 2.15. The summed E-state index contributed by atoms with van der Waals surface area (Å²) >= 11 is 5.77. The minimum absolute atomic E-state index is 0.0502. The summed E-state index contributed by atoms with van der Waals surface area (Å²) in [5.74, 6) is -2.01. The van der Waals surface area contributed by atoms with Crippen LogP contribution in [-0.4, -0.2) is 35.4 Å². The predicted molar refractivity (Wildman–Crippen MR) is 96.9 cm³/mol. The van der Waals surface area contributed by atoms with E-state index in [1.54, 1.807) is 24.3 Å². The number of carbonyl (C=O) groups is 3. The van der Waals surface area contributed by atoms with Gasteiger partial charge in [0.2, 0.25) is 0 Å². The van der Waals surface area contributed by atoms with E-state index in [1.165, 1.54) is 25.3 Å². The van der Waals surface area contributed by atoms with Crippen molar-refractivity contribution >= 4 is 35.1 Å².